The van der Waals surface area contributed by atoms with E-state index in [-0.39, 0.29) is 0 Å². The van der Waals surface area contributed by atoms with Crippen molar-refractivity contribution in [3.8, 4) is 17.2 Å². The van der Waals surface area contributed by atoms with Crippen molar-refractivity contribution in [1.82, 2.24) is 0 Å². The number of hydrogen-bond donors (Lipinski definition) is 0. The zero-order valence-electron chi connectivity index (χ0n) is 20.3. The first-order chi connectivity index (χ1) is 17.1. The largest absolute Gasteiger partial charge is 0.192 e. The Morgan fingerprint density at radius 1 is 0.543 bits per heavy atom. The molecule has 6 rings (SSSR count). The lowest BCUT2D eigenvalue weighted by Gasteiger charge is -2.18. The van der Waals surface area contributed by atoms with Crippen molar-refractivity contribution in [3.05, 3.63) is 131 Å². The standard InChI is InChI=1S/C26H20.C8H7N/c1-17-9-3-5-11-20(17)25-18(2)21-16-15-19-10-4-6-12-22(19)26(21)24-14-8-7-13-23(24)25;1-7-2-4-8(6-9)5-3-7/h3-16H,1-2H3;2-5H,1H3. The van der Waals surface area contributed by atoms with Gasteiger partial charge in [-0.1, -0.05) is 103 Å². The molecule has 6 aromatic rings. The SMILES string of the molecule is Cc1ccc(C#N)cc1.Cc1ccccc1-c1c(C)c2ccc3ccccc3c2c2ccccc12. The number of nitrogens with zero attached hydrogens (tertiary/aromatic N) is 1. The van der Waals surface area contributed by atoms with Crippen LogP contribution in [-0.4, -0.2) is 0 Å². The minimum atomic E-state index is 0.723. The van der Waals surface area contributed by atoms with Gasteiger partial charge in [0.15, 0.2) is 0 Å². The summed E-state index contributed by atoms with van der Waals surface area (Å²) in [4.78, 5) is 0. The van der Waals surface area contributed by atoms with E-state index in [9.17, 15) is 0 Å². The van der Waals surface area contributed by atoms with Crippen molar-refractivity contribution in [2.45, 2.75) is 20.8 Å². The van der Waals surface area contributed by atoms with E-state index in [4.69, 9.17) is 5.26 Å². The molecular formula is C34H27N. The summed E-state index contributed by atoms with van der Waals surface area (Å²) >= 11 is 0. The van der Waals surface area contributed by atoms with E-state index in [0.29, 0.717) is 0 Å². The second-order valence-corrected chi connectivity index (χ2v) is 9.05. The average Bonchev–Trinajstić information content (AvgIpc) is 2.90. The van der Waals surface area contributed by atoms with Crippen molar-refractivity contribution >= 4 is 32.3 Å². The molecule has 0 bridgehead atoms. The Bertz CT molecular complexity index is 1720. The van der Waals surface area contributed by atoms with Gasteiger partial charge in [-0.2, -0.15) is 5.26 Å². The maximum atomic E-state index is 8.38. The van der Waals surface area contributed by atoms with Crippen LogP contribution >= 0.6 is 0 Å². The highest BCUT2D eigenvalue weighted by molar-refractivity contribution is 6.24. The molecule has 0 radical (unpaired) electrons. The van der Waals surface area contributed by atoms with Crippen LogP contribution in [-0.2, 0) is 0 Å². The Morgan fingerprint density at radius 2 is 1.17 bits per heavy atom. The number of rotatable bonds is 1. The summed E-state index contributed by atoms with van der Waals surface area (Å²) in [7, 11) is 0. The van der Waals surface area contributed by atoms with Crippen molar-refractivity contribution in [2.75, 3.05) is 0 Å². The average molecular weight is 450 g/mol. The van der Waals surface area contributed by atoms with Crippen molar-refractivity contribution in [1.29, 1.82) is 5.26 Å². The molecule has 0 N–H and O–H groups in total. The molecule has 0 aliphatic carbocycles. The van der Waals surface area contributed by atoms with Crippen LogP contribution in [0.5, 0.6) is 0 Å². The molecule has 6 aromatic carbocycles. The van der Waals surface area contributed by atoms with E-state index in [0.717, 1.165) is 5.56 Å². The van der Waals surface area contributed by atoms with E-state index < -0.39 is 0 Å². The highest BCUT2D eigenvalue weighted by Crippen LogP contribution is 2.42. The number of hydrogen-bond acceptors (Lipinski definition) is 1. The van der Waals surface area contributed by atoms with Gasteiger partial charge in [0.25, 0.3) is 0 Å². The van der Waals surface area contributed by atoms with E-state index in [1.807, 2.05) is 31.2 Å². The van der Waals surface area contributed by atoms with Gasteiger partial charge < -0.3 is 0 Å². The molecule has 35 heavy (non-hydrogen) atoms. The molecule has 0 spiro atoms. The molecule has 0 aliphatic rings. The lowest BCUT2D eigenvalue weighted by molar-refractivity contribution is 1.43. The van der Waals surface area contributed by atoms with Crippen LogP contribution in [0.3, 0.4) is 0 Å². The summed E-state index contributed by atoms with van der Waals surface area (Å²) in [5.41, 5.74) is 7.28. The van der Waals surface area contributed by atoms with Gasteiger partial charge in [0.2, 0.25) is 0 Å². The van der Waals surface area contributed by atoms with Crippen molar-refractivity contribution in [2.24, 2.45) is 0 Å². The highest BCUT2D eigenvalue weighted by atomic mass is 14.2. The van der Waals surface area contributed by atoms with Gasteiger partial charge in [-0.15, -0.1) is 0 Å². The molecule has 0 unspecified atom stereocenters. The Labute approximate surface area is 206 Å². The summed E-state index contributed by atoms with van der Waals surface area (Å²) in [6, 6.07) is 40.3. The van der Waals surface area contributed by atoms with Crippen molar-refractivity contribution in [3.63, 3.8) is 0 Å². The Kier molecular flexibility index (Phi) is 6.04. The summed E-state index contributed by atoms with van der Waals surface area (Å²) in [5, 5.41) is 16.4. The Balaban J connectivity index is 0.000000239. The molecule has 0 saturated heterocycles. The fraction of sp³-hybridized carbons (Fsp3) is 0.0882. The third kappa shape index (κ3) is 4.16. The van der Waals surface area contributed by atoms with E-state index in [1.165, 1.54) is 60.1 Å². The van der Waals surface area contributed by atoms with E-state index >= 15 is 0 Å². The second kappa shape index (κ2) is 9.45. The molecule has 168 valence electrons. The third-order valence-corrected chi connectivity index (χ3v) is 6.77. The first kappa shape index (κ1) is 22.4. The quantitative estimate of drug-likeness (QED) is 0.229. The maximum absolute atomic E-state index is 8.38. The van der Waals surface area contributed by atoms with Gasteiger partial charge in [-0.25, -0.2) is 0 Å². The van der Waals surface area contributed by atoms with Crippen LogP contribution in [0.2, 0.25) is 0 Å². The zero-order chi connectivity index (χ0) is 24.4. The predicted octanol–water partition coefficient (Wildman–Crippen LogP) is 9.30. The van der Waals surface area contributed by atoms with E-state index in [2.05, 4.69) is 105 Å². The summed E-state index contributed by atoms with van der Waals surface area (Å²) < 4.78 is 0. The number of benzene rings is 6. The van der Waals surface area contributed by atoms with Gasteiger partial charge in [0, 0.05) is 0 Å². The topological polar surface area (TPSA) is 23.8 Å². The van der Waals surface area contributed by atoms with Gasteiger partial charge in [-0.3, -0.25) is 0 Å². The molecule has 0 aromatic heterocycles. The van der Waals surface area contributed by atoms with Crippen LogP contribution in [0.15, 0.2) is 109 Å². The lowest BCUT2D eigenvalue weighted by atomic mass is 9.85. The lowest BCUT2D eigenvalue weighted by Crippen LogP contribution is -1.92. The molecule has 0 fully saturated rings. The van der Waals surface area contributed by atoms with Gasteiger partial charge in [0.05, 0.1) is 11.6 Å². The van der Waals surface area contributed by atoms with Crippen LogP contribution in [0, 0.1) is 32.1 Å². The normalized spacial score (nSPS) is 10.7. The van der Waals surface area contributed by atoms with Crippen molar-refractivity contribution < 1.29 is 0 Å². The Hall–Kier alpha value is -4.41. The number of nitriles is 1. The van der Waals surface area contributed by atoms with E-state index in [1.54, 1.807) is 0 Å². The third-order valence-electron chi connectivity index (χ3n) is 6.77. The predicted molar refractivity (Wildman–Crippen MR) is 150 cm³/mol. The Morgan fingerprint density at radius 3 is 1.89 bits per heavy atom. The van der Waals surface area contributed by atoms with Crippen LogP contribution in [0.4, 0.5) is 0 Å². The summed E-state index contributed by atoms with van der Waals surface area (Å²) in [6.07, 6.45) is 0. The molecule has 0 saturated carbocycles. The van der Waals surface area contributed by atoms with Gasteiger partial charge in [0.1, 0.15) is 0 Å². The highest BCUT2D eigenvalue weighted by Gasteiger charge is 2.15. The first-order valence-electron chi connectivity index (χ1n) is 11.9. The molecule has 0 amide bonds. The fourth-order valence-corrected chi connectivity index (χ4v) is 4.96. The molecule has 0 heterocycles. The zero-order valence-corrected chi connectivity index (χ0v) is 20.3. The molecule has 1 nitrogen and oxygen atoms in total. The molecule has 1 heteroatoms. The second-order valence-electron chi connectivity index (χ2n) is 9.05. The molecule has 0 aliphatic heterocycles. The molecule has 0 atom stereocenters. The fourth-order valence-electron chi connectivity index (χ4n) is 4.96. The van der Waals surface area contributed by atoms with Gasteiger partial charge in [-0.05, 0) is 87.5 Å². The van der Waals surface area contributed by atoms with Crippen LogP contribution in [0.25, 0.3) is 43.4 Å². The van der Waals surface area contributed by atoms with Crippen LogP contribution < -0.4 is 0 Å². The number of fused-ring (bicyclic) bond motifs is 5. The van der Waals surface area contributed by atoms with Crippen LogP contribution in [0.1, 0.15) is 22.3 Å². The maximum Gasteiger partial charge on any atom is 0.0991 e. The first-order valence-corrected chi connectivity index (χ1v) is 11.9. The minimum absolute atomic E-state index is 0.723. The summed E-state index contributed by atoms with van der Waals surface area (Å²) in [5.74, 6) is 0. The monoisotopic (exact) mass is 449 g/mol. The smallest absolute Gasteiger partial charge is 0.0991 e. The minimum Gasteiger partial charge on any atom is -0.192 e. The summed E-state index contributed by atoms with van der Waals surface area (Å²) in [6.45, 7) is 6.47. The van der Waals surface area contributed by atoms with Gasteiger partial charge >= 0.3 is 0 Å². The molecular weight excluding hydrogens is 422 g/mol. The number of aryl methyl sites for hydroxylation is 3.